The highest BCUT2D eigenvalue weighted by atomic mass is 32.1. The number of hydrogen-bond donors (Lipinski definition) is 2. The summed E-state index contributed by atoms with van der Waals surface area (Å²) in [4.78, 5) is 4.12. The summed E-state index contributed by atoms with van der Waals surface area (Å²) in [6.45, 7) is 5.35. The van der Waals surface area contributed by atoms with Gasteiger partial charge in [-0.05, 0) is 11.8 Å². The summed E-state index contributed by atoms with van der Waals surface area (Å²) in [5, 5.41) is 15.0. The number of aliphatic hydroxyl groups excluding tert-OH is 1. The number of thiazole rings is 1. The molecule has 3 nitrogen and oxygen atoms in total. The summed E-state index contributed by atoms with van der Waals surface area (Å²) in [5.74, 6) is 0. The molecule has 2 N–H and O–H groups in total. The topological polar surface area (TPSA) is 45.1 Å². The molecule has 0 aliphatic carbocycles. The standard InChI is InChI=1S/C9H16N2OS/c1-9(2,3-5-12)7-11-8-10-4-6-13-8/h4,6,12H,3,5,7H2,1-2H3,(H,10,11). The van der Waals surface area contributed by atoms with Gasteiger partial charge in [0, 0.05) is 24.7 Å². The minimum atomic E-state index is 0.125. The number of nitrogens with zero attached hydrogens (tertiary/aromatic N) is 1. The molecule has 0 spiro atoms. The molecule has 0 bridgehead atoms. The predicted octanol–water partition coefficient (Wildman–Crippen LogP) is 1.96. The number of aliphatic hydroxyl groups is 1. The Morgan fingerprint density at radius 2 is 2.38 bits per heavy atom. The maximum Gasteiger partial charge on any atom is 0.182 e. The fourth-order valence-corrected chi connectivity index (χ4v) is 1.54. The summed E-state index contributed by atoms with van der Waals surface area (Å²) >= 11 is 1.60. The van der Waals surface area contributed by atoms with Gasteiger partial charge in [-0.25, -0.2) is 4.98 Å². The van der Waals surface area contributed by atoms with Crippen LogP contribution in [0.4, 0.5) is 5.13 Å². The maximum absolute atomic E-state index is 8.82. The van der Waals surface area contributed by atoms with Gasteiger partial charge in [0.2, 0.25) is 0 Å². The van der Waals surface area contributed by atoms with Gasteiger partial charge in [-0.2, -0.15) is 0 Å². The molecule has 4 heteroatoms. The zero-order valence-corrected chi connectivity index (χ0v) is 8.90. The summed E-state index contributed by atoms with van der Waals surface area (Å²) in [6, 6.07) is 0. The van der Waals surface area contributed by atoms with Crippen LogP contribution in [0, 0.1) is 5.41 Å². The van der Waals surface area contributed by atoms with Crippen LogP contribution in [0.1, 0.15) is 20.3 Å². The second kappa shape index (κ2) is 4.58. The van der Waals surface area contributed by atoms with Gasteiger partial charge in [0.15, 0.2) is 5.13 Å². The molecule has 0 unspecified atom stereocenters. The van der Waals surface area contributed by atoms with E-state index in [2.05, 4.69) is 24.1 Å². The molecule has 0 aliphatic rings. The molecular weight excluding hydrogens is 184 g/mol. The molecule has 0 radical (unpaired) electrons. The smallest absolute Gasteiger partial charge is 0.182 e. The first-order chi connectivity index (χ1) is 6.14. The van der Waals surface area contributed by atoms with Crippen molar-refractivity contribution in [2.45, 2.75) is 20.3 Å². The Morgan fingerprint density at radius 1 is 1.62 bits per heavy atom. The maximum atomic E-state index is 8.82. The van der Waals surface area contributed by atoms with Gasteiger partial charge in [0.1, 0.15) is 0 Å². The van der Waals surface area contributed by atoms with Crippen LogP contribution in [-0.4, -0.2) is 23.2 Å². The first kappa shape index (κ1) is 10.5. The second-order valence-electron chi connectivity index (χ2n) is 3.83. The lowest BCUT2D eigenvalue weighted by Gasteiger charge is -2.23. The van der Waals surface area contributed by atoms with Gasteiger partial charge in [0.05, 0.1) is 0 Å². The molecule has 0 saturated carbocycles. The highest BCUT2D eigenvalue weighted by molar-refractivity contribution is 7.13. The molecule has 0 aliphatic heterocycles. The fraction of sp³-hybridized carbons (Fsp3) is 0.667. The molecule has 0 atom stereocenters. The minimum Gasteiger partial charge on any atom is -0.396 e. The summed E-state index contributed by atoms with van der Waals surface area (Å²) in [6.07, 6.45) is 2.59. The average Bonchev–Trinajstić information content (AvgIpc) is 2.52. The quantitative estimate of drug-likeness (QED) is 0.763. The van der Waals surface area contributed by atoms with Crippen LogP contribution in [0.25, 0.3) is 0 Å². The van der Waals surface area contributed by atoms with Crippen LogP contribution in [0.15, 0.2) is 11.6 Å². The fourth-order valence-electron chi connectivity index (χ4n) is 1.02. The summed E-state index contributed by atoms with van der Waals surface area (Å²) in [5.41, 5.74) is 0.125. The Hall–Kier alpha value is -0.610. The van der Waals surface area contributed by atoms with Crippen LogP contribution in [0.3, 0.4) is 0 Å². The predicted molar refractivity (Wildman–Crippen MR) is 56.1 cm³/mol. The van der Waals surface area contributed by atoms with E-state index in [0.717, 1.165) is 18.1 Å². The van der Waals surface area contributed by atoms with Crippen molar-refractivity contribution in [1.29, 1.82) is 0 Å². The van der Waals surface area contributed by atoms with Crippen LogP contribution in [-0.2, 0) is 0 Å². The average molecular weight is 200 g/mol. The Balaban J connectivity index is 2.33. The third-order valence-electron chi connectivity index (χ3n) is 1.94. The summed E-state index contributed by atoms with van der Waals surface area (Å²) < 4.78 is 0. The first-order valence-corrected chi connectivity index (χ1v) is 5.26. The Morgan fingerprint density at radius 3 is 2.92 bits per heavy atom. The van der Waals surface area contributed by atoms with Gasteiger partial charge in [-0.1, -0.05) is 13.8 Å². The molecule has 0 aromatic carbocycles. The zero-order valence-electron chi connectivity index (χ0n) is 8.08. The third-order valence-corrected chi connectivity index (χ3v) is 2.67. The van der Waals surface area contributed by atoms with Crippen LogP contribution in [0.5, 0.6) is 0 Å². The highest BCUT2D eigenvalue weighted by Gasteiger charge is 2.16. The first-order valence-electron chi connectivity index (χ1n) is 4.38. The van der Waals surface area contributed by atoms with E-state index in [1.54, 1.807) is 17.5 Å². The number of aromatic nitrogens is 1. The summed E-state index contributed by atoms with van der Waals surface area (Å²) in [7, 11) is 0. The molecular formula is C9H16N2OS. The van der Waals surface area contributed by atoms with E-state index in [1.165, 1.54) is 0 Å². The van der Waals surface area contributed by atoms with Crippen molar-refractivity contribution in [3.63, 3.8) is 0 Å². The lowest BCUT2D eigenvalue weighted by Crippen LogP contribution is -2.24. The Labute approximate surface area is 82.8 Å². The van der Waals surface area contributed by atoms with Crippen LogP contribution in [0.2, 0.25) is 0 Å². The van der Waals surface area contributed by atoms with Gasteiger partial charge in [-0.3, -0.25) is 0 Å². The van der Waals surface area contributed by atoms with E-state index in [4.69, 9.17) is 5.11 Å². The van der Waals surface area contributed by atoms with Crippen molar-refractivity contribution in [1.82, 2.24) is 4.98 Å². The molecule has 13 heavy (non-hydrogen) atoms. The minimum absolute atomic E-state index is 0.125. The number of hydrogen-bond acceptors (Lipinski definition) is 4. The van der Waals surface area contributed by atoms with Crippen LogP contribution >= 0.6 is 11.3 Å². The molecule has 1 heterocycles. The van der Waals surface area contributed by atoms with E-state index in [-0.39, 0.29) is 12.0 Å². The third kappa shape index (κ3) is 3.74. The van der Waals surface area contributed by atoms with E-state index in [0.29, 0.717) is 0 Å². The van der Waals surface area contributed by atoms with E-state index in [9.17, 15) is 0 Å². The van der Waals surface area contributed by atoms with Crippen molar-refractivity contribution in [2.75, 3.05) is 18.5 Å². The van der Waals surface area contributed by atoms with Crippen molar-refractivity contribution in [3.05, 3.63) is 11.6 Å². The molecule has 0 saturated heterocycles. The monoisotopic (exact) mass is 200 g/mol. The highest BCUT2D eigenvalue weighted by Crippen LogP contribution is 2.21. The van der Waals surface area contributed by atoms with E-state index in [1.807, 2.05) is 5.38 Å². The van der Waals surface area contributed by atoms with E-state index < -0.39 is 0 Å². The van der Waals surface area contributed by atoms with Crippen LogP contribution < -0.4 is 5.32 Å². The van der Waals surface area contributed by atoms with Gasteiger partial charge in [0.25, 0.3) is 0 Å². The molecule has 0 amide bonds. The number of nitrogens with one attached hydrogen (secondary N) is 1. The zero-order chi connectivity index (χ0) is 9.73. The lowest BCUT2D eigenvalue weighted by atomic mass is 9.90. The SMILES string of the molecule is CC(C)(CCO)CNc1nccs1. The molecule has 1 rings (SSSR count). The molecule has 1 aromatic rings. The van der Waals surface area contributed by atoms with Crippen molar-refractivity contribution in [2.24, 2.45) is 5.41 Å². The molecule has 0 fully saturated rings. The second-order valence-corrected chi connectivity index (χ2v) is 4.72. The molecule has 1 aromatic heterocycles. The van der Waals surface area contributed by atoms with Crippen molar-refractivity contribution < 1.29 is 5.11 Å². The van der Waals surface area contributed by atoms with Gasteiger partial charge < -0.3 is 10.4 Å². The van der Waals surface area contributed by atoms with Gasteiger partial charge in [-0.15, -0.1) is 11.3 Å². The largest absolute Gasteiger partial charge is 0.396 e. The lowest BCUT2D eigenvalue weighted by molar-refractivity contribution is 0.220. The van der Waals surface area contributed by atoms with E-state index >= 15 is 0 Å². The Kier molecular flexibility index (Phi) is 3.69. The van der Waals surface area contributed by atoms with Gasteiger partial charge >= 0.3 is 0 Å². The Bertz CT molecular complexity index is 234. The van der Waals surface area contributed by atoms with Crippen molar-refractivity contribution in [3.8, 4) is 0 Å². The molecule has 74 valence electrons. The number of rotatable bonds is 5. The number of anilines is 1. The van der Waals surface area contributed by atoms with Crippen molar-refractivity contribution >= 4 is 16.5 Å². The normalized spacial score (nSPS) is 11.6.